The second kappa shape index (κ2) is 6.11. The van der Waals surface area contributed by atoms with Crippen LogP contribution >= 0.6 is 27.7 Å². The number of amidine groups is 1. The Morgan fingerprint density at radius 3 is 2.94 bits per heavy atom. The summed E-state index contributed by atoms with van der Waals surface area (Å²) in [4.78, 5) is 4.73. The molecule has 2 nitrogen and oxygen atoms in total. The Labute approximate surface area is 122 Å². The number of rotatable bonds is 3. The van der Waals surface area contributed by atoms with Crippen LogP contribution in [0.25, 0.3) is 0 Å². The number of aliphatic imine (C=N–C) groups is 1. The van der Waals surface area contributed by atoms with E-state index < -0.39 is 0 Å². The summed E-state index contributed by atoms with van der Waals surface area (Å²) in [5.41, 5.74) is 2.35. The van der Waals surface area contributed by atoms with Gasteiger partial charge in [0, 0.05) is 15.9 Å². The zero-order valence-electron chi connectivity index (χ0n) is 11.0. The van der Waals surface area contributed by atoms with Gasteiger partial charge in [0.05, 0.1) is 6.04 Å². The second-order valence-corrected chi connectivity index (χ2v) is 6.98. The van der Waals surface area contributed by atoms with E-state index in [1.807, 2.05) is 11.8 Å². The molecule has 0 saturated heterocycles. The van der Waals surface area contributed by atoms with Crippen molar-refractivity contribution in [1.29, 1.82) is 0 Å². The lowest BCUT2D eigenvalue weighted by Crippen LogP contribution is -2.08. The molecule has 1 heterocycles. The Balaban J connectivity index is 1.99. The summed E-state index contributed by atoms with van der Waals surface area (Å²) in [6, 6.07) is 6.79. The fraction of sp³-hybridized carbons (Fsp3) is 0.500. The molecular formula is C14H19BrN2S. The third-order valence-electron chi connectivity index (χ3n) is 2.88. The molecule has 1 aliphatic rings. The number of halogens is 1. The Morgan fingerprint density at radius 1 is 1.50 bits per heavy atom. The van der Waals surface area contributed by atoms with E-state index in [1.165, 1.54) is 12.0 Å². The number of aryl methyl sites for hydroxylation is 1. The molecule has 0 radical (unpaired) electrons. The van der Waals surface area contributed by atoms with Crippen molar-refractivity contribution in [3.8, 4) is 0 Å². The van der Waals surface area contributed by atoms with Gasteiger partial charge in [0.15, 0.2) is 5.17 Å². The van der Waals surface area contributed by atoms with Gasteiger partial charge in [-0.15, -0.1) is 0 Å². The zero-order chi connectivity index (χ0) is 13.1. The Hall–Kier alpha value is -0.480. The minimum absolute atomic E-state index is 0.478. The molecule has 2 rings (SSSR count). The number of nitrogens with zero attached hydrogens (tertiary/aromatic N) is 1. The summed E-state index contributed by atoms with van der Waals surface area (Å²) in [6.07, 6.45) is 1.18. The first-order valence-electron chi connectivity index (χ1n) is 6.28. The summed E-state index contributed by atoms with van der Waals surface area (Å²) in [5, 5.41) is 4.45. The minimum atomic E-state index is 0.478. The van der Waals surface area contributed by atoms with E-state index in [-0.39, 0.29) is 0 Å². The van der Waals surface area contributed by atoms with Crippen molar-refractivity contribution in [2.75, 3.05) is 11.1 Å². The highest BCUT2D eigenvalue weighted by atomic mass is 79.9. The van der Waals surface area contributed by atoms with E-state index in [4.69, 9.17) is 4.99 Å². The number of hydrogen-bond donors (Lipinski definition) is 1. The van der Waals surface area contributed by atoms with E-state index in [0.29, 0.717) is 12.0 Å². The number of anilines is 1. The monoisotopic (exact) mass is 326 g/mol. The molecule has 1 aromatic carbocycles. The maximum atomic E-state index is 4.73. The van der Waals surface area contributed by atoms with Crippen LogP contribution in [0.1, 0.15) is 25.8 Å². The highest BCUT2D eigenvalue weighted by Gasteiger charge is 2.19. The quantitative estimate of drug-likeness (QED) is 0.871. The number of hydrogen-bond acceptors (Lipinski definition) is 3. The van der Waals surface area contributed by atoms with Gasteiger partial charge in [0.1, 0.15) is 0 Å². The molecule has 1 aromatic rings. The van der Waals surface area contributed by atoms with Gasteiger partial charge in [-0.3, -0.25) is 4.99 Å². The van der Waals surface area contributed by atoms with Crippen molar-refractivity contribution in [2.24, 2.45) is 10.9 Å². The van der Waals surface area contributed by atoms with Crippen LogP contribution in [-0.2, 0) is 0 Å². The predicted molar refractivity (Wildman–Crippen MR) is 85.6 cm³/mol. The standard InChI is InChI=1S/C14H19BrN2S/c1-9(2)6-12-8-18-14(17-12)16-11-5-4-10(3)13(15)7-11/h4-5,7,9,12H,6,8H2,1-3H3,(H,16,17). The van der Waals surface area contributed by atoms with Gasteiger partial charge in [0.25, 0.3) is 0 Å². The normalized spacial score (nSPS) is 19.2. The first kappa shape index (κ1) is 13.9. The van der Waals surface area contributed by atoms with E-state index in [1.54, 1.807) is 0 Å². The van der Waals surface area contributed by atoms with E-state index in [2.05, 4.69) is 60.2 Å². The summed E-state index contributed by atoms with van der Waals surface area (Å²) < 4.78 is 1.13. The lowest BCUT2D eigenvalue weighted by Gasteiger charge is -2.08. The van der Waals surface area contributed by atoms with E-state index >= 15 is 0 Å². The Morgan fingerprint density at radius 2 is 2.28 bits per heavy atom. The lowest BCUT2D eigenvalue weighted by atomic mass is 10.1. The average Bonchev–Trinajstić information content (AvgIpc) is 2.70. The fourth-order valence-electron chi connectivity index (χ4n) is 1.94. The molecule has 0 amide bonds. The molecule has 0 fully saturated rings. The zero-order valence-corrected chi connectivity index (χ0v) is 13.4. The van der Waals surface area contributed by atoms with Crippen LogP contribution in [-0.4, -0.2) is 17.0 Å². The van der Waals surface area contributed by atoms with Crippen molar-refractivity contribution in [3.05, 3.63) is 28.2 Å². The Kier molecular flexibility index (Phi) is 4.73. The molecular weight excluding hydrogens is 308 g/mol. The van der Waals surface area contributed by atoms with Gasteiger partial charge < -0.3 is 5.32 Å². The van der Waals surface area contributed by atoms with Gasteiger partial charge in [-0.25, -0.2) is 0 Å². The molecule has 0 aromatic heterocycles. The molecule has 98 valence electrons. The lowest BCUT2D eigenvalue weighted by molar-refractivity contribution is 0.529. The van der Waals surface area contributed by atoms with Crippen LogP contribution in [0.15, 0.2) is 27.7 Å². The third kappa shape index (κ3) is 3.75. The maximum Gasteiger partial charge on any atom is 0.161 e. The largest absolute Gasteiger partial charge is 0.335 e. The minimum Gasteiger partial charge on any atom is -0.335 e. The highest BCUT2D eigenvalue weighted by molar-refractivity contribution is 9.10. The number of benzene rings is 1. The first-order valence-corrected chi connectivity index (χ1v) is 8.06. The van der Waals surface area contributed by atoms with Gasteiger partial charge in [-0.2, -0.15) is 0 Å². The van der Waals surface area contributed by atoms with Crippen LogP contribution in [0.3, 0.4) is 0 Å². The van der Waals surface area contributed by atoms with Gasteiger partial charge in [-0.1, -0.05) is 47.6 Å². The van der Waals surface area contributed by atoms with Crippen molar-refractivity contribution in [3.63, 3.8) is 0 Å². The van der Waals surface area contributed by atoms with Gasteiger partial charge in [0.2, 0.25) is 0 Å². The van der Waals surface area contributed by atoms with Gasteiger partial charge >= 0.3 is 0 Å². The molecule has 1 N–H and O–H groups in total. The van der Waals surface area contributed by atoms with Crippen molar-refractivity contribution < 1.29 is 0 Å². The first-order chi connectivity index (χ1) is 8.54. The molecule has 4 heteroatoms. The van der Waals surface area contributed by atoms with E-state index in [0.717, 1.165) is 21.1 Å². The van der Waals surface area contributed by atoms with Crippen molar-refractivity contribution in [2.45, 2.75) is 33.2 Å². The van der Waals surface area contributed by atoms with Crippen LogP contribution in [0, 0.1) is 12.8 Å². The van der Waals surface area contributed by atoms with E-state index in [9.17, 15) is 0 Å². The van der Waals surface area contributed by atoms with Crippen molar-refractivity contribution in [1.82, 2.24) is 0 Å². The molecule has 1 atom stereocenters. The fourth-order valence-corrected chi connectivity index (χ4v) is 3.30. The predicted octanol–water partition coefficient (Wildman–Crippen LogP) is 4.69. The summed E-state index contributed by atoms with van der Waals surface area (Å²) in [6.45, 7) is 6.60. The highest BCUT2D eigenvalue weighted by Crippen LogP contribution is 2.26. The Bertz CT molecular complexity index is 457. The molecule has 1 unspecified atom stereocenters. The molecule has 18 heavy (non-hydrogen) atoms. The van der Waals surface area contributed by atoms with Crippen molar-refractivity contribution >= 4 is 38.5 Å². The van der Waals surface area contributed by atoms with Gasteiger partial charge in [-0.05, 0) is 37.0 Å². The summed E-state index contributed by atoms with van der Waals surface area (Å²) in [5.74, 6) is 1.82. The molecule has 0 bridgehead atoms. The summed E-state index contributed by atoms with van der Waals surface area (Å²) >= 11 is 5.37. The average molecular weight is 327 g/mol. The molecule has 0 aliphatic carbocycles. The smallest absolute Gasteiger partial charge is 0.161 e. The van der Waals surface area contributed by atoms with Crippen LogP contribution < -0.4 is 5.32 Å². The molecule has 0 spiro atoms. The number of thioether (sulfide) groups is 1. The SMILES string of the molecule is Cc1ccc(NC2=NC(CC(C)C)CS2)cc1Br. The van der Waals surface area contributed by atoms with Crippen LogP contribution in [0.4, 0.5) is 5.69 Å². The third-order valence-corrected chi connectivity index (χ3v) is 4.77. The van der Waals surface area contributed by atoms with Crippen LogP contribution in [0.5, 0.6) is 0 Å². The number of nitrogens with one attached hydrogen (secondary N) is 1. The second-order valence-electron chi connectivity index (χ2n) is 5.12. The topological polar surface area (TPSA) is 24.4 Å². The molecule has 1 aliphatic heterocycles. The summed E-state index contributed by atoms with van der Waals surface area (Å²) in [7, 11) is 0. The maximum absolute atomic E-state index is 4.73. The molecule has 0 saturated carbocycles. The van der Waals surface area contributed by atoms with Crippen LogP contribution in [0.2, 0.25) is 0 Å².